The maximum atomic E-state index is 14.1. The van der Waals surface area contributed by atoms with E-state index in [1.807, 2.05) is 0 Å². The first-order chi connectivity index (χ1) is 11.5. The molecule has 0 saturated heterocycles. The van der Waals surface area contributed by atoms with Crippen LogP contribution in [-0.4, -0.2) is 37.6 Å². The molecule has 0 N–H and O–H groups in total. The lowest BCUT2D eigenvalue weighted by molar-refractivity contribution is 0.0524. The van der Waals surface area contributed by atoms with Gasteiger partial charge in [0.2, 0.25) is 5.43 Å². The summed E-state index contributed by atoms with van der Waals surface area (Å²) in [7, 11) is 1.49. The van der Waals surface area contributed by atoms with Crippen molar-refractivity contribution in [1.82, 2.24) is 4.68 Å². The number of ether oxygens (including phenoxy) is 2. The third-order valence-corrected chi connectivity index (χ3v) is 3.95. The number of hydrogen-bond donors (Lipinski definition) is 0. The standard InChI is InChI=1S/C16H16F2N2O4/c1-3-24-16(22)11-7-20-14-9(4-5-19(20)8-23-2)13(18)12(17)6-10(14)15(11)21/h6-7H,3-5,8H2,1-2H3. The zero-order valence-corrected chi connectivity index (χ0v) is 13.3. The van der Waals surface area contributed by atoms with Gasteiger partial charge in [-0.15, -0.1) is 0 Å². The maximum absolute atomic E-state index is 14.1. The van der Waals surface area contributed by atoms with Crippen LogP contribution in [0.15, 0.2) is 17.1 Å². The minimum Gasteiger partial charge on any atom is -0.462 e. The number of pyridine rings is 1. The molecule has 24 heavy (non-hydrogen) atoms. The quantitative estimate of drug-likeness (QED) is 0.792. The van der Waals surface area contributed by atoms with E-state index in [9.17, 15) is 18.4 Å². The average Bonchev–Trinajstić information content (AvgIpc) is 2.56. The minimum absolute atomic E-state index is 0.0599. The molecule has 2 aromatic rings. The molecule has 8 heteroatoms. The summed E-state index contributed by atoms with van der Waals surface area (Å²) >= 11 is 0. The van der Waals surface area contributed by atoms with E-state index < -0.39 is 23.0 Å². The van der Waals surface area contributed by atoms with Crippen molar-refractivity contribution < 1.29 is 23.0 Å². The van der Waals surface area contributed by atoms with Crippen LogP contribution in [0.3, 0.4) is 0 Å². The molecule has 6 nitrogen and oxygen atoms in total. The summed E-state index contributed by atoms with van der Waals surface area (Å²) in [5.41, 5.74) is -0.552. The predicted molar refractivity (Wildman–Crippen MR) is 82.7 cm³/mol. The Kier molecular flexibility index (Phi) is 4.23. The fourth-order valence-corrected chi connectivity index (χ4v) is 2.92. The molecule has 1 aromatic heterocycles. The lowest BCUT2D eigenvalue weighted by Crippen LogP contribution is -2.43. The lowest BCUT2D eigenvalue weighted by atomic mass is 10.0. The Labute approximate surface area is 136 Å². The molecule has 2 heterocycles. The molecule has 0 amide bonds. The van der Waals surface area contributed by atoms with Crippen LogP contribution in [0, 0.1) is 11.6 Å². The largest absolute Gasteiger partial charge is 0.462 e. The number of benzene rings is 1. The Morgan fingerprint density at radius 3 is 2.79 bits per heavy atom. The molecule has 0 bridgehead atoms. The number of hydrogen-bond acceptors (Lipinski definition) is 5. The summed E-state index contributed by atoms with van der Waals surface area (Å²) in [5.74, 6) is -2.89. The maximum Gasteiger partial charge on any atom is 0.343 e. The number of carbonyl (C=O) groups is 1. The summed E-state index contributed by atoms with van der Waals surface area (Å²) in [5, 5.41) is 1.63. The Hall–Kier alpha value is -2.48. The minimum atomic E-state index is -1.11. The molecule has 128 valence electrons. The number of carbonyl (C=O) groups excluding carboxylic acids is 1. The van der Waals surface area contributed by atoms with Gasteiger partial charge in [0, 0.05) is 25.4 Å². The number of esters is 1. The molecule has 0 fully saturated rings. The van der Waals surface area contributed by atoms with Crippen LogP contribution in [-0.2, 0) is 15.9 Å². The third kappa shape index (κ3) is 2.43. The zero-order chi connectivity index (χ0) is 17.4. The molecule has 0 spiro atoms. The molecule has 0 aliphatic carbocycles. The van der Waals surface area contributed by atoms with E-state index in [1.165, 1.54) is 18.0 Å². The van der Waals surface area contributed by atoms with Crippen LogP contribution >= 0.6 is 0 Å². The van der Waals surface area contributed by atoms with Gasteiger partial charge < -0.3 is 9.47 Å². The van der Waals surface area contributed by atoms with Gasteiger partial charge in [-0.05, 0) is 19.4 Å². The number of aromatic nitrogens is 1. The summed E-state index contributed by atoms with van der Waals surface area (Å²) in [6.45, 7) is 2.23. The molecule has 0 unspecified atom stereocenters. The van der Waals surface area contributed by atoms with Crippen molar-refractivity contribution in [2.45, 2.75) is 13.3 Å². The fraction of sp³-hybridized carbons (Fsp3) is 0.375. The Balaban J connectivity index is 2.37. The van der Waals surface area contributed by atoms with E-state index in [-0.39, 0.29) is 41.8 Å². The smallest absolute Gasteiger partial charge is 0.343 e. The first kappa shape index (κ1) is 16.4. The molecule has 0 radical (unpaired) electrons. The van der Waals surface area contributed by atoms with E-state index in [0.717, 1.165) is 6.07 Å². The van der Waals surface area contributed by atoms with Crippen molar-refractivity contribution in [1.29, 1.82) is 0 Å². The van der Waals surface area contributed by atoms with Crippen molar-refractivity contribution in [3.63, 3.8) is 0 Å². The van der Waals surface area contributed by atoms with Crippen molar-refractivity contribution >= 4 is 16.9 Å². The highest BCUT2D eigenvalue weighted by Crippen LogP contribution is 2.27. The van der Waals surface area contributed by atoms with Gasteiger partial charge >= 0.3 is 5.97 Å². The van der Waals surface area contributed by atoms with Crippen LogP contribution in [0.5, 0.6) is 0 Å². The van der Waals surface area contributed by atoms with E-state index in [1.54, 1.807) is 11.9 Å². The fourth-order valence-electron chi connectivity index (χ4n) is 2.92. The van der Waals surface area contributed by atoms with Gasteiger partial charge in [-0.25, -0.2) is 13.6 Å². The van der Waals surface area contributed by atoms with Crippen LogP contribution < -0.4 is 10.4 Å². The van der Waals surface area contributed by atoms with Gasteiger partial charge in [0.1, 0.15) is 12.3 Å². The van der Waals surface area contributed by atoms with Crippen LogP contribution in [0.2, 0.25) is 0 Å². The first-order valence-corrected chi connectivity index (χ1v) is 7.47. The number of methoxy groups -OCH3 is 1. The van der Waals surface area contributed by atoms with E-state index in [0.29, 0.717) is 6.54 Å². The van der Waals surface area contributed by atoms with Crippen molar-refractivity contribution in [3.8, 4) is 0 Å². The molecule has 0 atom stereocenters. The summed E-state index contributed by atoms with van der Waals surface area (Å²) in [4.78, 5) is 24.6. The summed E-state index contributed by atoms with van der Waals surface area (Å²) in [6.07, 6.45) is 1.52. The molecular weight excluding hydrogens is 322 g/mol. The second-order valence-corrected chi connectivity index (χ2v) is 5.38. The Morgan fingerprint density at radius 1 is 1.38 bits per heavy atom. The first-order valence-electron chi connectivity index (χ1n) is 7.47. The number of halogens is 2. The SMILES string of the molecule is CCOC(=O)c1cn2c3c(c(F)c(F)cc3c1=O)CCN2COC. The van der Waals surface area contributed by atoms with Gasteiger partial charge in [-0.1, -0.05) is 0 Å². The van der Waals surface area contributed by atoms with Crippen LogP contribution in [0.1, 0.15) is 22.8 Å². The highest BCUT2D eigenvalue weighted by molar-refractivity contribution is 5.95. The highest BCUT2D eigenvalue weighted by Gasteiger charge is 2.27. The average molecular weight is 338 g/mol. The normalized spacial score (nSPS) is 13.4. The Bertz CT molecular complexity index is 879. The van der Waals surface area contributed by atoms with Gasteiger partial charge in [0.05, 0.1) is 17.5 Å². The molecule has 1 aliphatic rings. The van der Waals surface area contributed by atoms with Gasteiger partial charge in [-0.2, -0.15) is 0 Å². The molecular formula is C16H16F2N2O4. The van der Waals surface area contributed by atoms with Gasteiger partial charge in [-0.3, -0.25) is 14.5 Å². The highest BCUT2D eigenvalue weighted by atomic mass is 19.2. The summed E-state index contributed by atoms with van der Waals surface area (Å²) in [6, 6.07) is 0.825. The van der Waals surface area contributed by atoms with Gasteiger partial charge in [0.25, 0.3) is 0 Å². The van der Waals surface area contributed by atoms with Crippen molar-refractivity contribution in [3.05, 3.63) is 45.2 Å². The van der Waals surface area contributed by atoms with Crippen LogP contribution in [0.4, 0.5) is 8.78 Å². The topological polar surface area (TPSA) is 60.8 Å². The van der Waals surface area contributed by atoms with E-state index in [2.05, 4.69) is 0 Å². The predicted octanol–water partition coefficient (Wildman–Crippen LogP) is 1.55. The van der Waals surface area contributed by atoms with Crippen LogP contribution in [0.25, 0.3) is 10.9 Å². The van der Waals surface area contributed by atoms with E-state index in [4.69, 9.17) is 9.47 Å². The lowest BCUT2D eigenvalue weighted by Gasteiger charge is -2.33. The van der Waals surface area contributed by atoms with E-state index >= 15 is 0 Å². The summed E-state index contributed by atoms with van der Waals surface area (Å²) < 4.78 is 39.5. The van der Waals surface area contributed by atoms with Crippen molar-refractivity contribution in [2.75, 3.05) is 32.0 Å². The second-order valence-electron chi connectivity index (χ2n) is 5.38. The monoisotopic (exact) mass is 338 g/mol. The molecule has 1 aromatic carbocycles. The third-order valence-electron chi connectivity index (χ3n) is 3.95. The molecule has 0 saturated carbocycles. The molecule has 1 aliphatic heterocycles. The number of nitrogens with zero attached hydrogens (tertiary/aromatic N) is 2. The molecule has 3 rings (SSSR count). The second kappa shape index (κ2) is 6.20. The zero-order valence-electron chi connectivity index (χ0n) is 13.3. The number of rotatable bonds is 4. The Morgan fingerprint density at radius 2 is 2.12 bits per heavy atom. The van der Waals surface area contributed by atoms with Crippen molar-refractivity contribution in [2.24, 2.45) is 0 Å². The van der Waals surface area contributed by atoms with Gasteiger partial charge in [0.15, 0.2) is 11.6 Å².